The lowest BCUT2D eigenvalue weighted by molar-refractivity contribution is 0.672. The van der Waals surface area contributed by atoms with Gasteiger partial charge in [0.15, 0.2) is 0 Å². The first-order valence-electron chi connectivity index (χ1n) is 20.5. The highest BCUT2D eigenvalue weighted by atomic mass is 16.3. The fraction of sp³-hybridized carbons (Fsp3) is 0. The van der Waals surface area contributed by atoms with Crippen molar-refractivity contribution in [2.24, 2.45) is 0 Å². The number of fused-ring (bicyclic) bond motifs is 14. The third kappa shape index (κ3) is 4.66. The summed E-state index contributed by atoms with van der Waals surface area (Å²) in [6.45, 7) is 0. The first-order chi connectivity index (χ1) is 30.7. The summed E-state index contributed by atoms with van der Waals surface area (Å²) in [7, 11) is 0. The minimum absolute atomic E-state index is 0.457. The molecular formula is C56H30N4O2. The third-order valence-corrected chi connectivity index (χ3v) is 12.6. The highest BCUT2D eigenvalue weighted by Crippen LogP contribution is 2.45. The van der Waals surface area contributed by atoms with E-state index in [4.69, 9.17) is 8.83 Å². The summed E-state index contributed by atoms with van der Waals surface area (Å²) in [5.41, 5.74) is 13.8. The number of benzene rings is 9. The minimum Gasteiger partial charge on any atom is -0.455 e. The zero-order chi connectivity index (χ0) is 41.1. The Hall–Kier alpha value is -8.84. The molecule has 0 bridgehead atoms. The van der Waals surface area contributed by atoms with Crippen molar-refractivity contribution in [2.75, 3.05) is 0 Å². The average Bonchev–Trinajstić information content (AvgIpc) is 4.08. The molecule has 13 rings (SSSR count). The van der Waals surface area contributed by atoms with Gasteiger partial charge in [-0.15, -0.1) is 0 Å². The number of hydrogen-bond donors (Lipinski definition) is 0. The van der Waals surface area contributed by atoms with Gasteiger partial charge in [-0.05, 0) is 90.0 Å². The molecule has 9 aromatic carbocycles. The predicted molar refractivity (Wildman–Crippen MR) is 250 cm³/mol. The molecule has 0 amide bonds. The standard InChI is InChI=1S/C56H30N4O2/c57-31-35-13-10-14-36(32-58)52(35)34-12-9-11-33(29-34)38-24-23-37(59-45-19-5-1-17-43(45)53-47(59)27-25-41-39-15-3-7-21-50(39)61-55(41)53)30-49(38)60-46-20-6-2-18-44(46)54-48(60)28-26-42-40-16-4-8-22-51(40)62-56(42)54/h1-30H. The van der Waals surface area contributed by atoms with Crippen molar-refractivity contribution in [3.63, 3.8) is 0 Å². The summed E-state index contributed by atoms with van der Waals surface area (Å²) >= 11 is 0. The van der Waals surface area contributed by atoms with Crippen LogP contribution in [0.5, 0.6) is 0 Å². The van der Waals surface area contributed by atoms with Gasteiger partial charge in [0.25, 0.3) is 0 Å². The van der Waals surface area contributed by atoms with Gasteiger partial charge in [0.05, 0.1) is 61.8 Å². The lowest BCUT2D eigenvalue weighted by Gasteiger charge is -2.18. The zero-order valence-electron chi connectivity index (χ0n) is 32.9. The van der Waals surface area contributed by atoms with E-state index in [0.717, 1.165) is 116 Å². The summed E-state index contributed by atoms with van der Waals surface area (Å²) in [6, 6.07) is 67.1. The molecule has 0 radical (unpaired) electrons. The van der Waals surface area contributed by atoms with Crippen LogP contribution in [0, 0.1) is 22.7 Å². The van der Waals surface area contributed by atoms with Gasteiger partial charge in [0.2, 0.25) is 0 Å². The maximum absolute atomic E-state index is 10.2. The number of furan rings is 2. The van der Waals surface area contributed by atoms with Crippen LogP contribution >= 0.6 is 0 Å². The van der Waals surface area contributed by atoms with Gasteiger partial charge in [-0.2, -0.15) is 10.5 Å². The molecule has 0 aliphatic rings. The van der Waals surface area contributed by atoms with Gasteiger partial charge in [-0.25, -0.2) is 0 Å². The van der Waals surface area contributed by atoms with Crippen molar-refractivity contribution in [3.05, 3.63) is 193 Å². The van der Waals surface area contributed by atoms with Crippen LogP contribution in [-0.4, -0.2) is 9.13 Å². The van der Waals surface area contributed by atoms with Gasteiger partial charge in [0, 0.05) is 49.1 Å². The second-order valence-corrected chi connectivity index (χ2v) is 15.8. The lowest BCUT2D eigenvalue weighted by atomic mass is 9.92. The van der Waals surface area contributed by atoms with Crippen LogP contribution in [0.4, 0.5) is 0 Å². The molecule has 0 aliphatic heterocycles. The molecule has 0 N–H and O–H groups in total. The maximum Gasteiger partial charge on any atom is 0.145 e. The molecule has 6 nitrogen and oxygen atoms in total. The Morgan fingerprint density at radius 1 is 0.387 bits per heavy atom. The van der Waals surface area contributed by atoms with Crippen LogP contribution in [0.25, 0.3) is 121 Å². The van der Waals surface area contributed by atoms with Gasteiger partial charge >= 0.3 is 0 Å². The monoisotopic (exact) mass is 790 g/mol. The van der Waals surface area contributed by atoms with E-state index >= 15 is 0 Å². The molecule has 0 atom stereocenters. The van der Waals surface area contributed by atoms with E-state index in [1.165, 1.54) is 0 Å². The van der Waals surface area contributed by atoms with Gasteiger partial charge in [0.1, 0.15) is 22.3 Å². The number of nitriles is 2. The number of para-hydroxylation sites is 4. The first kappa shape index (κ1) is 34.1. The second kappa shape index (κ2) is 12.8. The Morgan fingerprint density at radius 2 is 0.903 bits per heavy atom. The molecule has 0 fully saturated rings. The van der Waals surface area contributed by atoms with E-state index in [-0.39, 0.29) is 0 Å². The smallest absolute Gasteiger partial charge is 0.145 e. The van der Waals surface area contributed by atoms with Crippen LogP contribution < -0.4 is 0 Å². The fourth-order valence-corrected chi connectivity index (χ4v) is 9.99. The molecule has 62 heavy (non-hydrogen) atoms. The highest BCUT2D eigenvalue weighted by Gasteiger charge is 2.24. The van der Waals surface area contributed by atoms with Crippen LogP contribution in [-0.2, 0) is 0 Å². The maximum atomic E-state index is 10.2. The molecule has 0 saturated carbocycles. The summed E-state index contributed by atoms with van der Waals surface area (Å²) in [5, 5.41) is 29.0. The van der Waals surface area contributed by atoms with Crippen LogP contribution in [0.1, 0.15) is 11.1 Å². The normalized spacial score (nSPS) is 11.8. The summed E-state index contributed by atoms with van der Waals surface area (Å²) in [4.78, 5) is 0. The quantitative estimate of drug-likeness (QED) is 0.178. The molecule has 0 spiro atoms. The third-order valence-electron chi connectivity index (χ3n) is 12.6. The molecular weight excluding hydrogens is 761 g/mol. The largest absolute Gasteiger partial charge is 0.455 e. The van der Waals surface area contributed by atoms with Crippen molar-refractivity contribution >= 4 is 87.5 Å². The number of hydrogen-bond acceptors (Lipinski definition) is 4. The molecule has 4 heterocycles. The van der Waals surface area contributed by atoms with Gasteiger partial charge in [-0.3, -0.25) is 0 Å². The topological polar surface area (TPSA) is 83.7 Å². The average molecular weight is 791 g/mol. The van der Waals surface area contributed by atoms with E-state index in [9.17, 15) is 10.5 Å². The first-order valence-corrected chi connectivity index (χ1v) is 20.5. The number of aromatic nitrogens is 2. The highest BCUT2D eigenvalue weighted by molar-refractivity contribution is 6.25. The van der Waals surface area contributed by atoms with Crippen LogP contribution in [0.3, 0.4) is 0 Å². The molecule has 0 saturated heterocycles. The molecule has 6 heteroatoms. The van der Waals surface area contributed by atoms with Crippen molar-refractivity contribution < 1.29 is 8.83 Å². The number of nitrogens with zero attached hydrogens (tertiary/aromatic N) is 4. The Labute approximate surface area is 353 Å². The predicted octanol–water partition coefficient (Wildman–Crippen LogP) is 14.8. The van der Waals surface area contributed by atoms with E-state index in [1.807, 2.05) is 36.4 Å². The molecule has 13 aromatic rings. The van der Waals surface area contributed by atoms with Crippen molar-refractivity contribution in [3.8, 4) is 45.8 Å². The van der Waals surface area contributed by atoms with Crippen molar-refractivity contribution in [1.29, 1.82) is 10.5 Å². The minimum atomic E-state index is 0.457. The Kier molecular flexibility index (Phi) is 7.05. The van der Waals surface area contributed by atoms with E-state index in [2.05, 4.69) is 149 Å². The van der Waals surface area contributed by atoms with Crippen LogP contribution in [0.2, 0.25) is 0 Å². The molecule has 286 valence electrons. The molecule has 4 aromatic heterocycles. The Balaban J connectivity index is 1.14. The molecule has 0 aliphatic carbocycles. The summed E-state index contributed by atoms with van der Waals surface area (Å²) in [5.74, 6) is 0. The fourth-order valence-electron chi connectivity index (χ4n) is 9.99. The van der Waals surface area contributed by atoms with E-state index in [1.54, 1.807) is 18.2 Å². The van der Waals surface area contributed by atoms with Gasteiger partial charge < -0.3 is 18.0 Å². The van der Waals surface area contributed by atoms with Crippen LogP contribution in [0.15, 0.2) is 191 Å². The zero-order valence-corrected chi connectivity index (χ0v) is 32.9. The Bertz CT molecular complexity index is 4110. The summed E-state index contributed by atoms with van der Waals surface area (Å²) in [6.07, 6.45) is 0. The SMILES string of the molecule is N#Cc1cccc(C#N)c1-c1cccc(-c2ccc(-n3c4ccccc4c4c5oc6ccccc6c5ccc43)cc2-n2c3ccccc3c3c4oc5ccccc5c4ccc32)c1. The van der Waals surface area contributed by atoms with Gasteiger partial charge in [-0.1, -0.05) is 103 Å². The Morgan fingerprint density at radius 3 is 1.52 bits per heavy atom. The van der Waals surface area contributed by atoms with E-state index in [0.29, 0.717) is 16.7 Å². The summed E-state index contributed by atoms with van der Waals surface area (Å²) < 4.78 is 18.1. The lowest BCUT2D eigenvalue weighted by Crippen LogP contribution is -2.01. The molecule has 0 unspecified atom stereocenters. The van der Waals surface area contributed by atoms with Crippen molar-refractivity contribution in [1.82, 2.24) is 9.13 Å². The van der Waals surface area contributed by atoms with E-state index < -0.39 is 0 Å². The second-order valence-electron chi connectivity index (χ2n) is 15.8. The van der Waals surface area contributed by atoms with Crippen molar-refractivity contribution in [2.45, 2.75) is 0 Å². The number of rotatable bonds is 4.